The van der Waals surface area contributed by atoms with Crippen molar-refractivity contribution in [2.24, 2.45) is 0 Å². The van der Waals surface area contributed by atoms with E-state index in [4.69, 9.17) is 11.6 Å². The van der Waals surface area contributed by atoms with E-state index in [0.29, 0.717) is 28.2 Å². The van der Waals surface area contributed by atoms with E-state index in [2.05, 4.69) is 16.3 Å². The van der Waals surface area contributed by atoms with Crippen molar-refractivity contribution in [3.8, 4) is 11.1 Å². The van der Waals surface area contributed by atoms with Crippen LogP contribution in [0.25, 0.3) is 27.1 Å². The monoisotopic (exact) mass is 541 g/mol. The first-order valence-corrected chi connectivity index (χ1v) is 13.7. The summed E-state index contributed by atoms with van der Waals surface area (Å²) in [6.07, 6.45) is 0. The first kappa shape index (κ1) is 25.4. The Morgan fingerprint density at radius 1 is 0.895 bits per heavy atom. The number of carbonyl (C=O) groups excluding carboxylic acids is 1. The molecule has 0 bridgehead atoms. The Hall–Kier alpha value is -4.20. The smallest absolute Gasteiger partial charge is 0.265 e. The zero-order valence-corrected chi connectivity index (χ0v) is 22.1. The molecule has 0 spiro atoms. The lowest BCUT2D eigenvalue weighted by molar-refractivity contribution is 0.0982. The number of hydrogen-bond donors (Lipinski definition) is 1. The van der Waals surface area contributed by atoms with Crippen molar-refractivity contribution in [3.05, 3.63) is 131 Å². The lowest BCUT2D eigenvalue weighted by Gasteiger charge is -2.12. The van der Waals surface area contributed by atoms with Crippen LogP contribution >= 0.6 is 11.6 Å². The maximum Gasteiger partial charge on any atom is 0.265 e. The normalized spacial score (nSPS) is 11.4. The SMILES string of the molecule is C=C(c1ccccc1)S(=O)(=O)NC(=O)c1ccc2nc(C)n(Cc3ccc(-c4ccccc4)cc3Cl)c2c1. The summed E-state index contributed by atoms with van der Waals surface area (Å²) in [6.45, 7) is 5.97. The van der Waals surface area contributed by atoms with E-state index in [0.717, 1.165) is 22.5 Å². The van der Waals surface area contributed by atoms with Gasteiger partial charge in [0.05, 0.1) is 22.5 Å². The molecule has 4 aromatic carbocycles. The summed E-state index contributed by atoms with van der Waals surface area (Å²) in [4.78, 5) is 17.4. The summed E-state index contributed by atoms with van der Waals surface area (Å²) in [5.74, 6) is -0.00883. The number of hydrogen-bond acceptors (Lipinski definition) is 4. The summed E-state index contributed by atoms with van der Waals surface area (Å²) in [7, 11) is -4.13. The molecule has 0 saturated carbocycles. The fourth-order valence-corrected chi connectivity index (χ4v) is 5.43. The van der Waals surface area contributed by atoms with Crippen LogP contribution in [-0.2, 0) is 16.6 Å². The van der Waals surface area contributed by atoms with Gasteiger partial charge in [0.2, 0.25) is 0 Å². The predicted octanol–water partition coefficient (Wildman–Crippen LogP) is 6.44. The van der Waals surface area contributed by atoms with Gasteiger partial charge in [0, 0.05) is 10.6 Å². The molecule has 1 aromatic heterocycles. The van der Waals surface area contributed by atoms with Crippen LogP contribution in [0, 0.1) is 6.92 Å². The third-order valence-corrected chi connectivity index (χ3v) is 8.03. The van der Waals surface area contributed by atoms with Crippen molar-refractivity contribution in [1.29, 1.82) is 0 Å². The van der Waals surface area contributed by atoms with Gasteiger partial charge in [0.25, 0.3) is 15.9 Å². The van der Waals surface area contributed by atoms with Gasteiger partial charge in [-0.05, 0) is 53.4 Å². The summed E-state index contributed by atoms with van der Waals surface area (Å²) >= 11 is 6.66. The van der Waals surface area contributed by atoms with Gasteiger partial charge in [0.15, 0.2) is 0 Å². The molecule has 0 aliphatic heterocycles. The molecule has 6 nitrogen and oxygen atoms in total. The molecule has 5 rings (SSSR count). The molecule has 0 saturated heterocycles. The molecule has 1 heterocycles. The molecule has 0 radical (unpaired) electrons. The van der Waals surface area contributed by atoms with Gasteiger partial charge in [-0.15, -0.1) is 0 Å². The highest BCUT2D eigenvalue weighted by Gasteiger charge is 2.22. The maximum atomic E-state index is 13.0. The summed E-state index contributed by atoms with van der Waals surface area (Å²) in [5, 5.41) is 0.618. The van der Waals surface area contributed by atoms with Gasteiger partial charge in [0.1, 0.15) is 5.82 Å². The fraction of sp³-hybridized carbons (Fsp3) is 0.0667. The van der Waals surface area contributed by atoms with Gasteiger partial charge >= 0.3 is 0 Å². The van der Waals surface area contributed by atoms with Crippen LogP contribution in [-0.4, -0.2) is 23.9 Å². The van der Waals surface area contributed by atoms with Gasteiger partial charge < -0.3 is 4.57 Å². The molecule has 0 aliphatic carbocycles. The summed E-state index contributed by atoms with van der Waals surface area (Å²) in [6, 6.07) is 29.2. The second kappa shape index (κ2) is 10.3. The Labute approximate surface area is 226 Å². The first-order chi connectivity index (χ1) is 18.2. The van der Waals surface area contributed by atoms with Gasteiger partial charge in [-0.1, -0.05) is 91.0 Å². The highest BCUT2D eigenvalue weighted by molar-refractivity contribution is 7.99. The average Bonchev–Trinajstić information content (AvgIpc) is 3.24. The zero-order chi connectivity index (χ0) is 26.9. The Balaban J connectivity index is 1.42. The zero-order valence-electron chi connectivity index (χ0n) is 20.6. The van der Waals surface area contributed by atoms with E-state index in [1.54, 1.807) is 48.5 Å². The van der Waals surface area contributed by atoms with E-state index in [1.807, 2.05) is 60.0 Å². The minimum atomic E-state index is -4.13. The van der Waals surface area contributed by atoms with Crippen LogP contribution in [0.1, 0.15) is 27.3 Å². The second-order valence-corrected chi connectivity index (χ2v) is 11.0. The van der Waals surface area contributed by atoms with E-state index < -0.39 is 15.9 Å². The Bertz CT molecular complexity index is 1780. The van der Waals surface area contributed by atoms with Crippen LogP contribution in [0.5, 0.6) is 0 Å². The number of sulfonamides is 1. The number of fused-ring (bicyclic) bond motifs is 1. The van der Waals surface area contributed by atoms with Crippen LogP contribution in [0.4, 0.5) is 0 Å². The minimum absolute atomic E-state index is 0.179. The Morgan fingerprint density at radius 3 is 2.26 bits per heavy atom. The molecule has 1 amide bonds. The highest BCUT2D eigenvalue weighted by Crippen LogP contribution is 2.28. The standard InChI is InChI=1S/C30H24ClN3O3S/c1-20(22-9-5-3-6-10-22)38(36,37)33-30(35)25-15-16-28-29(18-25)34(21(2)32-28)19-26-14-13-24(17-27(26)31)23-11-7-4-8-12-23/h3-18H,1,19H2,2H3,(H,33,35). The Kier molecular flexibility index (Phi) is 6.89. The maximum absolute atomic E-state index is 13.0. The number of aryl methyl sites for hydroxylation is 1. The predicted molar refractivity (Wildman–Crippen MR) is 152 cm³/mol. The summed E-state index contributed by atoms with van der Waals surface area (Å²) < 4.78 is 29.7. The molecule has 0 unspecified atom stereocenters. The highest BCUT2D eigenvalue weighted by atomic mass is 35.5. The molecule has 0 fully saturated rings. The average molecular weight is 542 g/mol. The van der Waals surface area contributed by atoms with Crippen molar-refractivity contribution in [1.82, 2.24) is 14.3 Å². The number of amides is 1. The third kappa shape index (κ3) is 5.11. The van der Waals surface area contributed by atoms with Crippen molar-refractivity contribution in [2.45, 2.75) is 13.5 Å². The van der Waals surface area contributed by atoms with Crippen molar-refractivity contribution >= 4 is 43.5 Å². The molecule has 1 N–H and O–H groups in total. The summed E-state index contributed by atoms with van der Waals surface area (Å²) in [5.41, 5.74) is 4.96. The number of rotatable bonds is 7. The number of imidazole rings is 1. The van der Waals surface area contributed by atoms with Crippen LogP contribution in [0.3, 0.4) is 0 Å². The van der Waals surface area contributed by atoms with E-state index in [-0.39, 0.29) is 10.5 Å². The lowest BCUT2D eigenvalue weighted by Crippen LogP contribution is -2.30. The van der Waals surface area contributed by atoms with Crippen molar-refractivity contribution in [3.63, 3.8) is 0 Å². The molecule has 8 heteroatoms. The molecule has 0 atom stereocenters. The van der Waals surface area contributed by atoms with E-state index >= 15 is 0 Å². The van der Waals surface area contributed by atoms with Crippen LogP contribution in [0.15, 0.2) is 104 Å². The van der Waals surface area contributed by atoms with E-state index in [9.17, 15) is 13.2 Å². The fourth-order valence-electron chi connectivity index (χ4n) is 4.26. The first-order valence-electron chi connectivity index (χ1n) is 11.8. The van der Waals surface area contributed by atoms with Gasteiger partial charge in [-0.25, -0.2) is 18.1 Å². The largest absolute Gasteiger partial charge is 0.324 e. The molecular weight excluding hydrogens is 518 g/mol. The Morgan fingerprint density at radius 2 is 1.58 bits per heavy atom. The lowest BCUT2D eigenvalue weighted by atomic mass is 10.0. The topological polar surface area (TPSA) is 81.1 Å². The van der Waals surface area contributed by atoms with Gasteiger partial charge in [-0.2, -0.15) is 0 Å². The molecule has 0 aliphatic rings. The number of aromatic nitrogens is 2. The number of benzene rings is 4. The molecular formula is C30H24ClN3O3S. The number of halogens is 1. The van der Waals surface area contributed by atoms with Crippen LogP contribution in [0.2, 0.25) is 5.02 Å². The third-order valence-electron chi connectivity index (χ3n) is 6.34. The van der Waals surface area contributed by atoms with E-state index in [1.165, 1.54) is 0 Å². The number of nitrogens with zero attached hydrogens (tertiary/aromatic N) is 2. The van der Waals surface area contributed by atoms with Crippen LogP contribution < -0.4 is 4.72 Å². The second-order valence-electron chi connectivity index (χ2n) is 8.84. The number of nitrogens with one attached hydrogen (secondary N) is 1. The van der Waals surface area contributed by atoms with Crippen molar-refractivity contribution < 1.29 is 13.2 Å². The number of carbonyl (C=O) groups is 1. The van der Waals surface area contributed by atoms with Crippen molar-refractivity contribution in [2.75, 3.05) is 0 Å². The molecule has 38 heavy (non-hydrogen) atoms. The quantitative estimate of drug-likeness (QED) is 0.257. The van der Waals surface area contributed by atoms with Gasteiger partial charge in [-0.3, -0.25) is 4.79 Å². The minimum Gasteiger partial charge on any atom is -0.324 e. The molecule has 5 aromatic rings. The molecule has 190 valence electrons.